The minimum absolute atomic E-state index is 0.202. The molecule has 1 aliphatic rings. The number of allylic oxidation sites excluding steroid dienone is 1. The van der Waals surface area contributed by atoms with Crippen LogP contribution in [0.5, 0.6) is 11.5 Å². The number of hydrogen-bond donors (Lipinski definition) is 2. The van der Waals surface area contributed by atoms with E-state index in [1.165, 1.54) is 0 Å². The van der Waals surface area contributed by atoms with Crippen molar-refractivity contribution in [2.75, 3.05) is 29.6 Å². The minimum atomic E-state index is -0.542. The molecule has 0 saturated carbocycles. The maximum atomic E-state index is 14.1. The van der Waals surface area contributed by atoms with Crippen molar-refractivity contribution in [1.82, 2.24) is 14.8 Å². The predicted octanol–water partition coefficient (Wildman–Crippen LogP) is 8.30. The number of anilines is 2. The van der Waals surface area contributed by atoms with E-state index < -0.39 is 6.04 Å². The van der Waals surface area contributed by atoms with Gasteiger partial charge in [-0.1, -0.05) is 51.1 Å². The summed E-state index contributed by atoms with van der Waals surface area (Å²) in [7, 11) is 0. The zero-order valence-electron chi connectivity index (χ0n) is 25.6. The van der Waals surface area contributed by atoms with Gasteiger partial charge in [-0.15, -0.1) is 5.10 Å². The fourth-order valence-electron chi connectivity index (χ4n) is 4.72. The molecule has 10 heteroatoms. The van der Waals surface area contributed by atoms with E-state index in [1.807, 2.05) is 62.7 Å². The largest absolute Gasteiger partial charge is 0.490 e. The van der Waals surface area contributed by atoms with Crippen molar-refractivity contribution in [3.05, 3.63) is 62.8 Å². The third-order valence-electron chi connectivity index (χ3n) is 7.25. The van der Waals surface area contributed by atoms with Crippen molar-refractivity contribution in [3.63, 3.8) is 0 Å². The van der Waals surface area contributed by atoms with Crippen molar-refractivity contribution in [3.8, 4) is 11.5 Å². The van der Waals surface area contributed by atoms with Crippen LogP contribution in [-0.2, 0) is 4.79 Å². The Hall–Kier alpha value is -2.98. The number of rotatable bonds is 13. The molecule has 4 rings (SSSR count). The summed E-state index contributed by atoms with van der Waals surface area (Å²) in [5.74, 6) is 3.13. The van der Waals surface area contributed by atoms with Crippen molar-refractivity contribution in [1.29, 1.82) is 0 Å². The molecule has 42 heavy (non-hydrogen) atoms. The number of carbonyl (C=O) groups is 1. The first kappa shape index (κ1) is 31.9. The highest BCUT2D eigenvalue weighted by Gasteiger charge is 2.35. The number of carbonyl (C=O) groups excluding carboxylic acids is 1. The number of nitrogens with one attached hydrogen (secondary N) is 2. The van der Waals surface area contributed by atoms with Gasteiger partial charge in [-0.2, -0.15) is 4.98 Å². The van der Waals surface area contributed by atoms with E-state index in [0.29, 0.717) is 47.3 Å². The van der Waals surface area contributed by atoms with Crippen molar-refractivity contribution in [2.45, 2.75) is 78.9 Å². The third-order valence-corrected chi connectivity index (χ3v) is 8.76. The molecule has 0 spiro atoms. The molecule has 0 aliphatic carbocycles. The first-order chi connectivity index (χ1) is 20.1. The molecule has 3 aromatic rings. The molecule has 0 fully saturated rings. The van der Waals surface area contributed by atoms with Gasteiger partial charge in [0.2, 0.25) is 11.1 Å². The quantitative estimate of drug-likeness (QED) is 0.141. The van der Waals surface area contributed by atoms with Gasteiger partial charge in [-0.05, 0) is 97.3 Å². The molecular weight excluding hydrogens is 614 g/mol. The van der Waals surface area contributed by atoms with Crippen LogP contribution in [-0.4, -0.2) is 39.6 Å². The number of aryl methyl sites for hydroxylation is 1. The number of halogens is 1. The molecule has 1 unspecified atom stereocenters. The lowest BCUT2D eigenvalue weighted by atomic mass is 9.94. The van der Waals surface area contributed by atoms with Gasteiger partial charge in [0, 0.05) is 17.1 Å². The second-order valence-electron chi connectivity index (χ2n) is 10.9. The van der Waals surface area contributed by atoms with Crippen LogP contribution in [0.1, 0.15) is 76.6 Å². The second-order valence-corrected chi connectivity index (χ2v) is 12.8. The topological polar surface area (TPSA) is 90.3 Å². The molecule has 0 saturated heterocycles. The zero-order chi connectivity index (χ0) is 30.4. The van der Waals surface area contributed by atoms with Crippen LogP contribution in [0.3, 0.4) is 0 Å². The molecule has 2 aromatic carbocycles. The fraction of sp³-hybridized carbons (Fsp3) is 0.469. The lowest BCUT2D eigenvalue weighted by Crippen LogP contribution is -2.31. The molecule has 1 aliphatic heterocycles. The van der Waals surface area contributed by atoms with Crippen LogP contribution in [0.25, 0.3) is 0 Å². The normalized spacial score (nSPS) is 14.5. The van der Waals surface area contributed by atoms with Gasteiger partial charge >= 0.3 is 0 Å². The molecule has 1 aromatic heterocycles. The monoisotopic (exact) mass is 655 g/mol. The van der Waals surface area contributed by atoms with Crippen LogP contribution < -0.4 is 20.1 Å². The van der Waals surface area contributed by atoms with Gasteiger partial charge in [0.1, 0.15) is 6.04 Å². The van der Waals surface area contributed by atoms with Crippen LogP contribution in [0, 0.1) is 19.8 Å². The number of aromatic nitrogens is 3. The second kappa shape index (κ2) is 14.5. The lowest BCUT2D eigenvalue weighted by Gasteiger charge is -2.29. The van der Waals surface area contributed by atoms with Crippen LogP contribution in [0.2, 0.25) is 0 Å². The van der Waals surface area contributed by atoms with Crippen LogP contribution in [0.4, 0.5) is 11.6 Å². The Morgan fingerprint density at radius 1 is 1.19 bits per heavy atom. The average Bonchev–Trinajstić information content (AvgIpc) is 3.34. The number of nitrogens with zero attached hydrogens (tertiary/aromatic N) is 3. The van der Waals surface area contributed by atoms with E-state index >= 15 is 0 Å². The first-order valence-electron chi connectivity index (χ1n) is 14.7. The van der Waals surface area contributed by atoms with Gasteiger partial charge in [-0.3, -0.25) is 4.79 Å². The van der Waals surface area contributed by atoms with Crippen LogP contribution in [0.15, 0.2) is 51.2 Å². The van der Waals surface area contributed by atoms with Gasteiger partial charge in [0.25, 0.3) is 5.91 Å². The number of thioether (sulfide) groups is 1. The third kappa shape index (κ3) is 7.32. The number of ether oxygens (including phenoxy) is 2. The maximum Gasteiger partial charge on any atom is 0.255 e. The van der Waals surface area contributed by atoms with E-state index in [4.69, 9.17) is 19.6 Å². The average molecular weight is 657 g/mol. The Kier molecular flexibility index (Phi) is 11.0. The number of fused-ring (bicyclic) bond motifs is 1. The van der Waals surface area contributed by atoms with Gasteiger partial charge in [0.15, 0.2) is 11.5 Å². The van der Waals surface area contributed by atoms with E-state index in [9.17, 15) is 4.79 Å². The molecule has 0 bridgehead atoms. The number of hydrogen-bond acceptors (Lipinski definition) is 7. The van der Waals surface area contributed by atoms with Gasteiger partial charge < -0.3 is 20.1 Å². The zero-order valence-corrected chi connectivity index (χ0v) is 28.0. The summed E-state index contributed by atoms with van der Waals surface area (Å²) in [4.78, 5) is 18.9. The Morgan fingerprint density at radius 3 is 2.69 bits per heavy atom. The number of benzene rings is 2. The summed E-state index contributed by atoms with van der Waals surface area (Å²) in [5, 5.41) is 12.1. The highest BCUT2D eigenvalue weighted by molar-refractivity contribution is 9.10. The number of unbranched alkanes of at least 4 members (excludes halogenated alkanes) is 1. The molecule has 8 nitrogen and oxygen atoms in total. The van der Waals surface area contributed by atoms with Crippen molar-refractivity contribution in [2.24, 2.45) is 5.92 Å². The smallest absolute Gasteiger partial charge is 0.255 e. The molecule has 1 amide bonds. The lowest BCUT2D eigenvalue weighted by molar-refractivity contribution is -0.113. The molecule has 2 heterocycles. The summed E-state index contributed by atoms with van der Waals surface area (Å²) in [5.41, 5.74) is 5.04. The molecule has 226 valence electrons. The highest BCUT2D eigenvalue weighted by Crippen LogP contribution is 2.43. The summed E-state index contributed by atoms with van der Waals surface area (Å²) in [6, 6.07) is 9.34. The van der Waals surface area contributed by atoms with Gasteiger partial charge in [-0.25, -0.2) is 4.68 Å². The minimum Gasteiger partial charge on any atom is -0.490 e. The molecule has 1 atom stereocenters. The van der Waals surface area contributed by atoms with E-state index in [2.05, 4.69) is 47.3 Å². The summed E-state index contributed by atoms with van der Waals surface area (Å²) in [6.07, 6.45) is 3.11. The summed E-state index contributed by atoms with van der Waals surface area (Å²) < 4.78 is 14.8. The van der Waals surface area contributed by atoms with E-state index in [0.717, 1.165) is 57.6 Å². The summed E-state index contributed by atoms with van der Waals surface area (Å²) in [6.45, 7) is 15.5. The standard InChI is InChI=1S/C32H42BrN5O3S/c1-8-10-16-42-32-36-31-34-22(7)27(30(39)35-25-13-11-12-20(5)21(25)6)28(38(31)37-32)23-17-24(33)29(26(18-23)40-9-2)41-15-14-19(3)4/h11-13,17-19,28H,8-10,14-16H2,1-7H3,(H,35,39)(H,34,36,37). The Morgan fingerprint density at radius 2 is 1.98 bits per heavy atom. The SMILES string of the molecule is CCCCSc1nc2n(n1)C(c1cc(Br)c(OCCC(C)C)c(OCC)c1)C(C(=O)Nc1cccc(C)c1C)=C(C)N2. The Labute approximate surface area is 262 Å². The van der Waals surface area contributed by atoms with Crippen LogP contribution >= 0.6 is 27.7 Å². The predicted molar refractivity (Wildman–Crippen MR) is 175 cm³/mol. The Balaban J connectivity index is 1.80. The van der Waals surface area contributed by atoms with Crippen molar-refractivity contribution >= 4 is 45.2 Å². The highest BCUT2D eigenvalue weighted by atomic mass is 79.9. The van der Waals surface area contributed by atoms with Crippen molar-refractivity contribution < 1.29 is 14.3 Å². The molecular formula is C32H42BrN5O3S. The summed E-state index contributed by atoms with van der Waals surface area (Å²) >= 11 is 5.37. The first-order valence-corrected chi connectivity index (χ1v) is 16.5. The van der Waals surface area contributed by atoms with E-state index in [1.54, 1.807) is 11.8 Å². The van der Waals surface area contributed by atoms with E-state index in [-0.39, 0.29) is 5.91 Å². The number of amides is 1. The maximum absolute atomic E-state index is 14.1. The molecule has 2 N–H and O–H groups in total. The molecule has 0 radical (unpaired) electrons. The fourth-order valence-corrected chi connectivity index (χ4v) is 6.21. The van der Waals surface area contributed by atoms with Gasteiger partial charge in [0.05, 0.1) is 23.3 Å². The Bertz CT molecular complexity index is 1450.